The Balaban J connectivity index is 1.38. The lowest BCUT2D eigenvalue weighted by Gasteiger charge is -2.38. The van der Waals surface area contributed by atoms with Gasteiger partial charge in [-0.1, -0.05) is 31.6 Å². The number of rotatable bonds is 10. The Labute approximate surface area is 258 Å². The van der Waals surface area contributed by atoms with Crippen LogP contribution in [0.1, 0.15) is 51.7 Å². The lowest BCUT2D eigenvalue weighted by Crippen LogP contribution is -2.54. The quantitative estimate of drug-likeness (QED) is 0.266. The third kappa shape index (κ3) is 6.81. The summed E-state index contributed by atoms with van der Waals surface area (Å²) >= 11 is 0. The molecule has 1 aromatic rings. The molecule has 3 aliphatic rings. The van der Waals surface area contributed by atoms with Crippen molar-refractivity contribution in [1.29, 1.82) is 0 Å². The van der Waals surface area contributed by atoms with Crippen molar-refractivity contribution >= 4 is 17.6 Å². The molecule has 0 radical (unpaired) electrons. The van der Waals surface area contributed by atoms with Crippen molar-refractivity contribution in [3.05, 3.63) is 53.3 Å². The molecule has 1 aromatic carbocycles. The zero-order valence-corrected chi connectivity index (χ0v) is 25.8. The zero-order valence-electron chi connectivity index (χ0n) is 25.8. The normalized spacial score (nSPS) is 23.6. The summed E-state index contributed by atoms with van der Waals surface area (Å²) in [6.07, 6.45) is -5.08. The number of anilines is 1. The van der Waals surface area contributed by atoms with Crippen LogP contribution < -0.4 is 10.2 Å². The number of nitrogens with zero attached hydrogens (tertiary/aromatic N) is 3. The van der Waals surface area contributed by atoms with E-state index in [9.17, 15) is 41.0 Å². The highest BCUT2D eigenvalue weighted by molar-refractivity contribution is 6.07. The van der Waals surface area contributed by atoms with Gasteiger partial charge >= 0.3 is 18.4 Å². The monoisotopic (exact) mass is 646 g/mol. The van der Waals surface area contributed by atoms with E-state index >= 15 is 0 Å². The number of piperazine rings is 1. The van der Waals surface area contributed by atoms with E-state index in [1.54, 1.807) is 13.8 Å². The number of urea groups is 1. The number of nitrogens with one attached hydrogen (secondary N) is 1. The second-order valence-electron chi connectivity index (χ2n) is 12.2. The summed E-state index contributed by atoms with van der Waals surface area (Å²) in [5.41, 5.74) is -6.56. The molecule has 2 saturated heterocycles. The molecule has 2 heterocycles. The summed E-state index contributed by atoms with van der Waals surface area (Å²) in [4.78, 5) is 31.4. The minimum atomic E-state index is -5.96. The van der Waals surface area contributed by atoms with Crippen LogP contribution in [-0.2, 0) is 21.6 Å². The molecule has 1 aliphatic carbocycles. The van der Waals surface area contributed by atoms with E-state index in [1.807, 2.05) is 41.9 Å². The predicted molar refractivity (Wildman–Crippen MR) is 155 cm³/mol. The maximum absolute atomic E-state index is 13.5. The number of carbonyl (C=O) groups is 2. The maximum Gasteiger partial charge on any atom is 0.430 e. The molecule has 2 N–H and O–H groups in total. The molecular formula is C31H40F6N4O4. The zero-order chi connectivity index (χ0) is 33.4. The van der Waals surface area contributed by atoms with E-state index < -0.39 is 35.1 Å². The number of benzene rings is 1. The largest absolute Gasteiger partial charge is 0.491 e. The highest BCUT2D eigenvalue weighted by Crippen LogP contribution is 2.50. The summed E-state index contributed by atoms with van der Waals surface area (Å²) in [6, 6.07) is 2.23. The highest BCUT2D eigenvalue weighted by atomic mass is 19.4. The number of alkyl halides is 6. The molecule has 2 atom stereocenters. The van der Waals surface area contributed by atoms with Crippen molar-refractivity contribution < 1.29 is 45.8 Å². The van der Waals surface area contributed by atoms with Crippen LogP contribution in [0.15, 0.2) is 42.2 Å². The third-order valence-electron chi connectivity index (χ3n) is 8.67. The molecule has 0 saturated carbocycles. The third-order valence-corrected chi connectivity index (χ3v) is 8.67. The minimum absolute atomic E-state index is 0.0141. The van der Waals surface area contributed by atoms with Crippen molar-refractivity contribution in [3.63, 3.8) is 0 Å². The lowest BCUT2D eigenvalue weighted by atomic mass is 9.81. The number of halogens is 6. The average molecular weight is 647 g/mol. The lowest BCUT2D eigenvalue weighted by molar-refractivity contribution is -0.376. The molecule has 0 spiro atoms. The second kappa shape index (κ2) is 12.9. The van der Waals surface area contributed by atoms with Crippen LogP contribution >= 0.6 is 0 Å². The van der Waals surface area contributed by atoms with Crippen LogP contribution in [0, 0.1) is 5.92 Å². The van der Waals surface area contributed by atoms with Crippen molar-refractivity contribution in [2.45, 2.75) is 76.6 Å². The molecule has 4 rings (SSSR count). The van der Waals surface area contributed by atoms with E-state index in [4.69, 9.17) is 4.74 Å². The number of amides is 3. The number of ether oxygens (including phenoxy) is 1. The number of allylic oxidation sites excluding steroid dienone is 2. The van der Waals surface area contributed by atoms with E-state index in [2.05, 4.69) is 5.32 Å². The van der Waals surface area contributed by atoms with Crippen molar-refractivity contribution in [3.8, 4) is 0 Å². The second-order valence-corrected chi connectivity index (χ2v) is 12.2. The number of imide groups is 1. The summed E-state index contributed by atoms with van der Waals surface area (Å²) in [6.45, 7) is 9.73. The van der Waals surface area contributed by atoms with E-state index in [0.717, 1.165) is 11.8 Å². The van der Waals surface area contributed by atoms with Crippen LogP contribution in [0.2, 0.25) is 0 Å². The van der Waals surface area contributed by atoms with Crippen LogP contribution in [0.3, 0.4) is 0 Å². The van der Waals surface area contributed by atoms with Gasteiger partial charge in [-0.05, 0) is 57.4 Å². The number of carbonyl (C=O) groups excluding carboxylic acids is 2. The van der Waals surface area contributed by atoms with Gasteiger partial charge in [-0.15, -0.1) is 0 Å². The topological polar surface area (TPSA) is 85.3 Å². The highest BCUT2D eigenvalue weighted by Gasteiger charge is 2.71. The first-order chi connectivity index (χ1) is 20.9. The van der Waals surface area contributed by atoms with Gasteiger partial charge in [0.1, 0.15) is 11.3 Å². The van der Waals surface area contributed by atoms with Gasteiger partial charge in [0, 0.05) is 56.4 Å². The Bertz CT molecular complexity index is 1310. The van der Waals surface area contributed by atoms with Gasteiger partial charge in [-0.3, -0.25) is 14.6 Å². The van der Waals surface area contributed by atoms with Gasteiger partial charge in [0.15, 0.2) is 0 Å². The summed E-state index contributed by atoms with van der Waals surface area (Å²) in [5.74, 6) is 0.165. The Morgan fingerprint density at radius 2 is 1.69 bits per heavy atom. The molecule has 2 unspecified atom stereocenters. The fourth-order valence-corrected chi connectivity index (χ4v) is 6.09. The van der Waals surface area contributed by atoms with Gasteiger partial charge in [0.05, 0.1) is 6.10 Å². The Morgan fingerprint density at radius 3 is 2.22 bits per heavy atom. The summed E-state index contributed by atoms with van der Waals surface area (Å²) in [7, 11) is 0. The Hall–Kier alpha value is -3.26. The molecule has 14 heteroatoms. The smallest absolute Gasteiger partial charge is 0.430 e. The van der Waals surface area contributed by atoms with Gasteiger partial charge in [0.2, 0.25) is 0 Å². The first-order valence-electron chi connectivity index (χ1n) is 15.1. The molecule has 8 nitrogen and oxygen atoms in total. The molecule has 45 heavy (non-hydrogen) atoms. The SMILES string of the molecule is CCCc1cc(C(O)(C(F)(F)F)C(F)(F)F)ccc1N1CCN(CCN2C(=O)NC(C)(C3C=CC(OC(C)C)=CC3)C2=O)CC1. The molecule has 0 bridgehead atoms. The predicted octanol–water partition coefficient (Wildman–Crippen LogP) is 5.27. The van der Waals surface area contributed by atoms with Crippen LogP contribution in [0.5, 0.6) is 0 Å². The maximum atomic E-state index is 13.5. The fraction of sp³-hybridized carbons (Fsp3) is 0.613. The molecule has 250 valence electrons. The molecule has 3 amide bonds. The van der Waals surface area contributed by atoms with E-state index in [-0.39, 0.29) is 36.5 Å². The summed E-state index contributed by atoms with van der Waals surface area (Å²) in [5, 5.41) is 12.7. The standard InChI is InChI=1S/C31H40F6N4O4/c1-5-6-21-19-23(29(44,30(32,33)34)31(35,36)37)9-12-25(21)40-16-13-39(14-17-40)15-18-41-26(42)28(4,38-27(41)43)22-7-10-24(11-8-22)45-20(2)3/h7,9-12,19-20,22,44H,5-6,8,13-18H2,1-4H3,(H,38,43). The molecule has 2 fully saturated rings. The average Bonchev–Trinajstić information content (AvgIpc) is 3.18. The molecular weight excluding hydrogens is 606 g/mol. The molecule has 2 aliphatic heterocycles. The van der Waals surface area contributed by atoms with Crippen LogP contribution in [0.4, 0.5) is 36.8 Å². The number of aliphatic hydroxyl groups is 1. The van der Waals surface area contributed by atoms with Crippen LogP contribution in [0.25, 0.3) is 0 Å². The van der Waals surface area contributed by atoms with Gasteiger partial charge in [-0.25, -0.2) is 4.79 Å². The van der Waals surface area contributed by atoms with Crippen molar-refractivity contribution in [2.75, 3.05) is 44.2 Å². The number of aryl methyl sites for hydroxylation is 1. The van der Waals surface area contributed by atoms with E-state index in [0.29, 0.717) is 57.3 Å². The summed E-state index contributed by atoms with van der Waals surface area (Å²) < 4.78 is 86.6. The fourth-order valence-electron chi connectivity index (χ4n) is 6.09. The van der Waals surface area contributed by atoms with Crippen molar-refractivity contribution in [1.82, 2.24) is 15.1 Å². The number of hydrogen-bond acceptors (Lipinski definition) is 6. The van der Waals surface area contributed by atoms with Crippen LogP contribution in [-0.4, -0.2) is 90.1 Å². The van der Waals surface area contributed by atoms with Gasteiger partial charge < -0.3 is 20.1 Å². The van der Waals surface area contributed by atoms with Crippen molar-refractivity contribution in [2.24, 2.45) is 5.92 Å². The Morgan fingerprint density at radius 1 is 1.04 bits per heavy atom. The first kappa shape index (κ1) is 34.6. The minimum Gasteiger partial charge on any atom is -0.491 e. The number of hydrogen-bond donors (Lipinski definition) is 2. The Kier molecular flexibility index (Phi) is 9.89. The first-order valence-corrected chi connectivity index (χ1v) is 15.1. The van der Waals surface area contributed by atoms with E-state index in [1.165, 1.54) is 11.0 Å². The van der Waals surface area contributed by atoms with Gasteiger partial charge in [-0.2, -0.15) is 26.3 Å². The molecule has 0 aromatic heterocycles. The van der Waals surface area contributed by atoms with Gasteiger partial charge in [0.25, 0.3) is 11.5 Å².